The Morgan fingerprint density at radius 2 is 2.36 bits per heavy atom. The van der Waals surface area contributed by atoms with Crippen LogP contribution in [0.15, 0.2) is 6.20 Å². The number of nitrogens with zero attached hydrogens (tertiary/aromatic N) is 4. The van der Waals surface area contributed by atoms with E-state index in [-0.39, 0.29) is 18.1 Å². The maximum absolute atomic E-state index is 12.4. The lowest BCUT2D eigenvalue weighted by Crippen LogP contribution is -2.49. The molecule has 7 nitrogen and oxygen atoms in total. The van der Waals surface area contributed by atoms with Crippen LogP contribution in [0, 0.1) is 0 Å². The molecular formula is C15H24N4O3. The number of hydrogen-bond donors (Lipinski definition) is 0. The summed E-state index contributed by atoms with van der Waals surface area (Å²) in [4.78, 5) is 14.3. The average Bonchev–Trinajstić information content (AvgIpc) is 3.03. The molecule has 1 aromatic rings. The van der Waals surface area contributed by atoms with Crippen molar-refractivity contribution in [3.05, 3.63) is 11.9 Å². The van der Waals surface area contributed by atoms with Gasteiger partial charge in [0.25, 0.3) is 0 Å². The van der Waals surface area contributed by atoms with Gasteiger partial charge in [-0.25, -0.2) is 4.68 Å². The highest BCUT2D eigenvalue weighted by molar-refractivity contribution is 5.76. The zero-order valence-electron chi connectivity index (χ0n) is 13.1. The number of ether oxygens (including phenoxy) is 2. The molecule has 7 heteroatoms. The highest BCUT2D eigenvalue weighted by Crippen LogP contribution is 2.30. The normalized spacial score (nSPS) is 24.0. The Kier molecular flexibility index (Phi) is 5.04. The van der Waals surface area contributed by atoms with Crippen molar-refractivity contribution in [3.8, 4) is 0 Å². The van der Waals surface area contributed by atoms with Crippen LogP contribution in [-0.4, -0.2) is 58.7 Å². The van der Waals surface area contributed by atoms with E-state index in [1.54, 1.807) is 13.3 Å². The second-order valence-corrected chi connectivity index (χ2v) is 6.02. The van der Waals surface area contributed by atoms with Gasteiger partial charge < -0.3 is 14.4 Å². The van der Waals surface area contributed by atoms with E-state index in [0.29, 0.717) is 19.6 Å². The number of fused-ring (bicyclic) bond motifs is 3. The first-order chi connectivity index (χ1) is 10.8. The van der Waals surface area contributed by atoms with Crippen molar-refractivity contribution >= 4 is 5.91 Å². The molecule has 0 radical (unpaired) electrons. The van der Waals surface area contributed by atoms with Gasteiger partial charge in [0.2, 0.25) is 5.91 Å². The number of unbranched alkanes of at least 4 members (excludes halogenated alkanes) is 2. The lowest BCUT2D eigenvalue weighted by Gasteiger charge is -2.41. The summed E-state index contributed by atoms with van der Waals surface area (Å²) >= 11 is 0. The molecule has 1 aromatic heterocycles. The molecule has 0 saturated carbocycles. The molecule has 3 rings (SSSR count). The fourth-order valence-electron chi connectivity index (χ4n) is 3.26. The molecule has 0 bridgehead atoms. The van der Waals surface area contributed by atoms with Gasteiger partial charge in [-0.05, 0) is 19.3 Å². The molecule has 0 unspecified atom stereocenters. The van der Waals surface area contributed by atoms with Crippen LogP contribution >= 0.6 is 0 Å². The van der Waals surface area contributed by atoms with Crippen LogP contribution in [0.4, 0.5) is 0 Å². The predicted molar refractivity (Wildman–Crippen MR) is 79.2 cm³/mol. The molecular weight excluding hydrogens is 284 g/mol. The van der Waals surface area contributed by atoms with E-state index in [4.69, 9.17) is 9.47 Å². The number of aromatic nitrogens is 3. The number of rotatable bonds is 6. The first-order valence-corrected chi connectivity index (χ1v) is 8.07. The van der Waals surface area contributed by atoms with E-state index in [1.165, 1.54) is 0 Å². The first-order valence-electron chi connectivity index (χ1n) is 8.07. The van der Waals surface area contributed by atoms with Crippen molar-refractivity contribution in [2.24, 2.45) is 0 Å². The molecule has 2 atom stereocenters. The third-order valence-electron chi connectivity index (χ3n) is 4.52. The molecule has 0 spiro atoms. The van der Waals surface area contributed by atoms with Gasteiger partial charge in [-0.2, -0.15) is 0 Å². The van der Waals surface area contributed by atoms with Crippen molar-refractivity contribution in [2.75, 3.05) is 26.8 Å². The number of carbonyl (C=O) groups excluding carboxylic acids is 1. The molecule has 2 aliphatic heterocycles. The molecule has 1 amide bonds. The average molecular weight is 308 g/mol. The topological polar surface area (TPSA) is 69.5 Å². The van der Waals surface area contributed by atoms with Crippen LogP contribution < -0.4 is 0 Å². The molecule has 0 aromatic carbocycles. The zero-order chi connectivity index (χ0) is 15.4. The van der Waals surface area contributed by atoms with Gasteiger partial charge in [-0.15, -0.1) is 5.10 Å². The van der Waals surface area contributed by atoms with Crippen LogP contribution in [0.3, 0.4) is 0 Å². The number of hydrogen-bond acceptors (Lipinski definition) is 5. The number of methoxy groups -OCH3 is 1. The highest BCUT2D eigenvalue weighted by atomic mass is 16.5. The summed E-state index contributed by atoms with van der Waals surface area (Å²) in [5.41, 5.74) is 0.995. The number of likely N-dealkylation sites (tertiary alicyclic amines) is 1. The smallest absolute Gasteiger partial charge is 0.222 e. The Labute approximate surface area is 130 Å². The summed E-state index contributed by atoms with van der Waals surface area (Å²) in [6, 6.07) is 0.109. The van der Waals surface area contributed by atoms with Crippen molar-refractivity contribution in [1.82, 2.24) is 19.9 Å². The molecule has 3 heterocycles. The van der Waals surface area contributed by atoms with Crippen LogP contribution in [0.5, 0.6) is 0 Å². The Balaban J connectivity index is 1.51. The molecule has 0 aliphatic carbocycles. The Hall–Kier alpha value is -1.47. The summed E-state index contributed by atoms with van der Waals surface area (Å²) in [6.07, 6.45) is 6.37. The lowest BCUT2D eigenvalue weighted by atomic mass is 10.00. The van der Waals surface area contributed by atoms with Crippen LogP contribution in [0.1, 0.15) is 43.8 Å². The summed E-state index contributed by atoms with van der Waals surface area (Å²) in [7, 11) is 1.71. The minimum absolute atomic E-state index is 0.109. The minimum atomic E-state index is 0.109. The second-order valence-electron chi connectivity index (χ2n) is 6.02. The number of amides is 1. The number of piperidine rings is 1. The third-order valence-corrected chi connectivity index (χ3v) is 4.52. The highest BCUT2D eigenvalue weighted by Gasteiger charge is 2.37. The van der Waals surface area contributed by atoms with Crippen molar-refractivity contribution in [2.45, 2.75) is 50.9 Å². The monoisotopic (exact) mass is 308 g/mol. The van der Waals surface area contributed by atoms with E-state index in [2.05, 4.69) is 10.3 Å². The van der Waals surface area contributed by atoms with Crippen molar-refractivity contribution < 1.29 is 14.3 Å². The first kappa shape index (κ1) is 15.4. The van der Waals surface area contributed by atoms with Crippen LogP contribution in [0.25, 0.3) is 0 Å². The molecule has 22 heavy (non-hydrogen) atoms. The maximum Gasteiger partial charge on any atom is 0.222 e. The molecule has 122 valence electrons. The van der Waals surface area contributed by atoms with Gasteiger partial charge in [-0.1, -0.05) is 11.6 Å². The zero-order valence-corrected chi connectivity index (χ0v) is 13.1. The maximum atomic E-state index is 12.4. The van der Waals surface area contributed by atoms with Gasteiger partial charge in [0.1, 0.15) is 0 Å². The summed E-state index contributed by atoms with van der Waals surface area (Å²) in [5.74, 6) is 0.239. The van der Waals surface area contributed by atoms with Crippen molar-refractivity contribution in [3.63, 3.8) is 0 Å². The van der Waals surface area contributed by atoms with E-state index in [1.807, 2.05) is 9.58 Å². The number of carbonyl (C=O) groups is 1. The van der Waals surface area contributed by atoms with E-state index in [9.17, 15) is 4.79 Å². The van der Waals surface area contributed by atoms with Crippen LogP contribution in [0.2, 0.25) is 0 Å². The standard InChI is InChI=1S/C15H24N4O3/c1-21-8-4-2-3-5-15(20)18-7-6-14-13(10-18)19-12(11-22-14)9-16-17-19/h9,13-14H,2-8,10-11H2,1H3/t13-,14-/m1/s1. The predicted octanol–water partition coefficient (Wildman–Crippen LogP) is 1.16. The summed E-state index contributed by atoms with van der Waals surface area (Å²) in [6.45, 7) is 2.80. The van der Waals surface area contributed by atoms with Gasteiger partial charge in [0.05, 0.1) is 30.6 Å². The molecule has 0 N–H and O–H groups in total. The fourth-order valence-corrected chi connectivity index (χ4v) is 3.26. The van der Waals surface area contributed by atoms with Gasteiger partial charge in [-0.3, -0.25) is 4.79 Å². The van der Waals surface area contributed by atoms with Crippen molar-refractivity contribution in [1.29, 1.82) is 0 Å². The Morgan fingerprint density at radius 1 is 1.45 bits per heavy atom. The SMILES string of the molecule is COCCCCCC(=O)N1CC[C@H]2OCc3cnnn3[C@@H]2C1. The van der Waals surface area contributed by atoms with Gasteiger partial charge in [0, 0.05) is 33.2 Å². The molecule has 1 saturated heterocycles. The van der Waals surface area contributed by atoms with E-state index >= 15 is 0 Å². The van der Waals surface area contributed by atoms with Crippen LogP contribution in [-0.2, 0) is 20.9 Å². The summed E-state index contributed by atoms with van der Waals surface area (Å²) in [5, 5.41) is 8.13. The summed E-state index contributed by atoms with van der Waals surface area (Å²) < 4.78 is 12.8. The van der Waals surface area contributed by atoms with Gasteiger partial charge in [0.15, 0.2) is 0 Å². The Bertz CT molecular complexity index is 505. The fraction of sp³-hybridized carbons (Fsp3) is 0.800. The second kappa shape index (κ2) is 7.19. The van der Waals surface area contributed by atoms with Gasteiger partial charge >= 0.3 is 0 Å². The largest absolute Gasteiger partial charge is 0.385 e. The third kappa shape index (κ3) is 3.30. The Morgan fingerprint density at radius 3 is 3.23 bits per heavy atom. The van der Waals surface area contributed by atoms with E-state index in [0.717, 1.165) is 44.5 Å². The minimum Gasteiger partial charge on any atom is -0.385 e. The molecule has 1 fully saturated rings. The lowest BCUT2D eigenvalue weighted by molar-refractivity contribution is -0.138. The quantitative estimate of drug-likeness (QED) is 0.738. The molecule has 2 aliphatic rings. The van der Waals surface area contributed by atoms with E-state index < -0.39 is 0 Å².